The number of esters is 1. The highest BCUT2D eigenvalue weighted by Gasteiger charge is 2.61. The molecule has 2 rings (SSSR count). The summed E-state index contributed by atoms with van der Waals surface area (Å²) in [4.78, 5) is 12.4. The van der Waals surface area contributed by atoms with Crippen molar-refractivity contribution in [1.82, 2.24) is 0 Å². The van der Waals surface area contributed by atoms with Crippen LogP contribution >= 0.6 is 0 Å². The summed E-state index contributed by atoms with van der Waals surface area (Å²) in [6.45, 7) is 8.35. The topological polar surface area (TPSA) is 26.3 Å². The SMILES string of the molecule is C#CC(C=CC1CCCC1)OC(=O)C1C(C=C(C)C)C1(C)C. The van der Waals surface area contributed by atoms with E-state index in [1.165, 1.54) is 31.3 Å². The van der Waals surface area contributed by atoms with E-state index in [0.29, 0.717) is 5.92 Å². The van der Waals surface area contributed by atoms with Crippen LogP contribution in [0.5, 0.6) is 0 Å². The molecule has 2 heteroatoms. The molecule has 0 spiro atoms. The number of hydrogen-bond acceptors (Lipinski definition) is 2. The van der Waals surface area contributed by atoms with E-state index in [2.05, 4.69) is 45.8 Å². The van der Waals surface area contributed by atoms with E-state index in [1.807, 2.05) is 6.08 Å². The number of carbonyl (C=O) groups is 1. The molecule has 0 aromatic heterocycles. The van der Waals surface area contributed by atoms with E-state index in [0.717, 1.165) is 0 Å². The van der Waals surface area contributed by atoms with Crippen LogP contribution in [0.25, 0.3) is 0 Å². The quantitative estimate of drug-likeness (QED) is 0.424. The monoisotopic (exact) mass is 300 g/mol. The van der Waals surface area contributed by atoms with Crippen LogP contribution in [0.15, 0.2) is 23.8 Å². The van der Waals surface area contributed by atoms with Crippen molar-refractivity contribution in [2.45, 2.75) is 59.5 Å². The third kappa shape index (κ3) is 3.83. The Hall–Kier alpha value is -1.49. The lowest BCUT2D eigenvalue weighted by Gasteiger charge is -2.10. The minimum atomic E-state index is -0.531. The first kappa shape index (κ1) is 16.9. The van der Waals surface area contributed by atoms with Crippen LogP contribution in [0, 0.1) is 35.5 Å². The van der Waals surface area contributed by atoms with Crippen LogP contribution in [-0.4, -0.2) is 12.1 Å². The molecule has 0 radical (unpaired) electrons. The van der Waals surface area contributed by atoms with Gasteiger partial charge in [0.25, 0.3) is 0 Å². The maximum Gasteiger partial charge on any atom is 0.311 e. The maximum absolute atomic E-state index is 12.4. The van der Waals surface area contributed by atoms with Crippen molar-refractivity contribution in [3.8, 4) is 12.3 Å². The van der Waals surface area contributed by atoms with E-state index in [1.54, 1.807) is 0 Å². The van der Waals surface area contributed by atoms with Gasteiger partial charge in [0, 0.05) is 0 Å². The third-order valence-corrected chi connectivity index (χ3v) is 5.04. The van der Waals surface area contributed by atoms with Gasteiger partial charge in [0.15, 0.2) is 6.10 Å². The van der Waals surface area contributed by atoms with Crippen molar-refractivity contribution in [2.24, 2.45) is 23.2 Å². The molecule has 0 saturated heterocycles. The predicted octanol–water partition coefficient (Wildman–Crippen LogP) is 4.52. The number of rotatable bonds is 5. The van der Waals surface area contributed by atoms with Crippen LogP contribution in [-0.2, 0) is 9.53 Å². The van der Waals surface area contributed by atoms with Crippen LogP contribution in [0.3, 0.4) is 0 Å². The Morgan fingerprint density at radius 1 is 1.32 bits per heavy atom. The Morgan fingerprint density at radius 3 is 2.50 bits per heavy atom. The molecule has 0 bridgehead atoms. The zero-order valence-corrected chi connectivity index (χ0v) is 14.3. The first-order chi connectivity index (χ1) is 10.4. The van der Waals surface area contributed by atoms with E-state index >= 15 is 0 Å². The van der Waals surface area contributed by atoms with Crippen molar-refractivity contribution < 1.29 is 9.53 Å². The molecule has 2 fully saturated rings. The molecule has 0 heterocycles. The second-order valence-corrected chi connectivity index (χ2v) is 7.52. The molecule has 22 heavy (non-hydrogen) atoms. The lowest BCUT2D eigenvalue weighted by Crippen LogP contribution is -2.18. The molecule has 0 aromatic carbocycles. The largest absolute Gasteiger partial charge is 0.445 e. The molecular weight excluding hydrogens is 272 g/mol. The molecule has 0 N–H and O–H groups in total. The van der Waals surface area contributed by atoms with Crippen molar-refractivity contribution in [3.05, 3.63) is 23.8 Å². The van der Waals surface area contributed by atoms with Gasteiger partial charge in [-0.2, -0.15) is 0 Å². The van der Waals surface area contributed by atoms with Gasteiger partial charge in [0.2, 0.25) is 0 Å². The van der Waals surface area contributed by atoms with E-state index in [9.17, 15) is 4.79 Å². The van der Waals surface area contributed by atoms with Gasteiger partial charge in [-0.3, -0.25) is 4.79 Å². The summed E-state index contributed by atoms with van der Waals surface area (Å²) in [5.74, 6) is 3.21. The van der Waals surface area contributed by atoms with E-state index < -0.39 is 6.10 Å². The minimum absolute atomic E-state index is 0.0251. The van der Waals surface area contributed by atoms with Gasteiger partial charge in [-0.25, -0.2) is 0 Å². The van der Waals surface area contributed by atoms with Crippen molar-refractivity contribution in [2.75, 3.05) is 0 Å². The number of terminal acetylenes is 1. The molecule has 2 nitrogen and oxygen atoms in total. The molecule has 0 amide bonds. The zero-order valence-electron chi connectivity index (χ0n) is 14.3. The van der Waals surface area contributed by atoms with E-state index in [-0.39, 0.29) is 23.2 Å². The summed E-state index contributed by atoms with van der Waals surface area (Å²) >= 11 is 0. The average molecular weight is 300 g/mol. The summed E-state index contributed by atoms with van der Waals surface area (Å²) in [6, 6.07) is 0. The fourth-order valence-corrected chi connectivity index (χ4v) is 3.53. The Bertz CT molecular complexity index is 508. The average Bonchev–Trinajstić information content (AvgIpc) is 2.83. The minimum Gasteiger partial charge on any atom is -0.445 e. The highest BCUT2D eigenvalue weighted by molar-refractivity contribution is 5.78. The van der Waals surface area contributed by atoms with E-state index in [4.69, 9.17) is 11.2 Å². The summed E-state index contributed by atoms with van der Waals surface area (Å²) in [5.41, 5.74) is 1.21. The standard InChI is InChI=1S/C20H28O2/c1-6-16(12-11-15-9-7-8-10-15)22-19(21)18-17(13-14(2)3)20(18,4)5/h1,11-13,15-18H,7-10H2,2-5H3. The van der Waals surface area contributed by atoms with Gasteiger partial charge in [0.1, 0.15) is 0 Å². The Morgan fingerprint density at radius 2 is 1.95 bits per heavy atom. The predicted molar refractivity (Wildman–Crippen MR) is 90.0 cm³/mol. The summed E-state index contributed by atoms with van der Waals surface area (Å²) in [5, 5.41) is 0. The van der Waals surface area contributed by atoms with Crippen LogP contribution in [0.2, 0.25) is 0 Å². The van der Waals surface area contributed by atoms with Gasteiger partial charge in [-0.05, 0) is 50.0 Å². The molecule has 120 valence electrons. The molecular formula is C20H28O2. The second-order valence-electron chi connectivity index (χ2n) is 7.52. The molecule has 3 atom stereocenters. The number of ether oxygens (including phenoxy) is 1. The molecule has 0 aromatic rings. The number of carbonyl (C=O) groups excluding carboxylic acids is 1. The zero-order chi connectivity index (χ0) is 16.3. The molecule has 3 unspecified atom stereocenters. The molecule has 2 saturated carbocycles. The van der Waals surface area contributed by atoms with Crippen LogP contribution in [0.4, 0.5) is 0 Å². The molecule has 0 aliphatic heterocycles. The van der Waals surface area contributed by atoms with Gasteiger partial charge in [-0.1, -0.05) is 50.3 Å². The van der Waals surface area contributed by atoms with Crippen LogP contribution < -0.4 is 0 Å². The highest BCUT2D eigenvalue weighted by atomic mass is 16.5. The van der Waals surface area contributed by atoms with Gasteiger partial charge < -0.3 is 4.74 Å². The number of allylic oxidation sites excluding steroid dienone is 3. The lowest BCUT2D eigenvalue weighted by molar-refractivity contribution is -0.147. The first-order valence-corrected chi connectivity index (χ1v) is 8.36. The van der Waals surface area contributed by atoms with Gasteiger partial charge in [-0.15, -0.1) is 6.42 Å². The lowest BCUT2D eigenvalue weighted by atomic mass is 10.1. The fraction of sp³-hybridized carbons (Fsp3) is 0.650. The molecule has 2 aliphatic rings. The highest BCUT2D eigenvalue weighted by Crippen LogP contribution is 2.59. The van der Waals surface area contributed by atoms with Gasteiger partial charge in [0.05, 0.1) is 5.92 Å². The summed E-state index contributed by atoms with van der Waals surface area (Å²) < 4.78 is 5.54. The normalized spacial score (nSPS) is 28.1. The summed E-state index contributed by atoms with van der Waals surface area (Å²) in [6.07, 6.45) is 16.2. The Balaban J connectivity index is 1.93. The van der Waals surface area contributed by atoms with Crippen molar-refractivity contribution in [1.29, 1.82) is 0 Å². The first-order valence-electron chi connectivity index (χ1n) is 8.36. The third-order valence-electron chi connectivity index (χ3n) is 5.04. The van der Waals surface area contributed by atoms with Crippen molar-refractivity contribution in [3.63, 3.8) is 0 Å². The Kier molecular flexibility index (Phi) is 5.16. The fourth-order valence-electron chi connectivity index (χ4n) is 3.53. The smallest absolute Gasteiger partial charge is 0.311 e. The Labute approximate surface area is 135 Å². The molecule has 2 aliphatic carbocycles. The second kappa shape index (κ2) is 6.73. The van der Waals surface area contributed by atoms with Crippen molar-refractivity contribution >= 4 is 5.97 Å². The van der Waals surface area contributed by atoms with Crippen LogP contribution in [0.1, 0.15) is 53.4 Å². The summed E-state index contributed by atoms with van der Waals surface area (Å²) in [7, 11) is 0. The maximum atomic E-state index is 12.4. The van der Waals surface area contributed by atoms with Gasteiger partial charge >= 0.3 is 5.97 Å². The number of hydrogen-bond donors (Lipinski definition) is 0.